The number of hydrogen-bond donors (Lipinski definition) is 1. The second-order valence-electron chi connectivity index (χ2n) is 2.38. The predicted octanol–water partition coefficient (Wildman–Crippen LogP) is 0.981. The Balaban J connectivity index is 0. The summed E-state index contributed by atoms with van der Waals surface area (Å²) in [5.41, 5.74) is 0. The molecule has 0 aromatic carbocycles. The third-order valence-corrected chi connectivity index (χ3v) is 1.41. The van der Waals surface area contributed by atoms with Gasteiger partial charge in [-0.15, -0.1) is 0 Å². The van der Waals surface area contributed by atoms with Gasteiger partial charge in [0.1, 0.15) is 0 Å². The van der Waals surface area contributed by atoms with Gasteiger partial charge in [0.2, 0.25) is 0 Å². The third kappa shape index (κ3) is 6.84. The van der Waals surface area contributed by atoms with Gasteiger partial charge in [-0.05, 0) is 6.42 Å². The van der Waals surface area contributed by atoms with Crippen LogP contribution in [0, 0.1) is 5.92 Å². The number of unbranched alkanes of at least 4 members (excludes halogenated alkanes) is 1. The molecule has 1 N–H and O–H groups in total. The van der Waals surface area contributed by atoms with Crippen LogP contribution in [-0.2, 0) is 4.79 Å². The summed E-state index contributed by atoms with van der Waals surface area (Å²) in [6, 6.07) is 0. The first-order valence-electron chi connectivity index (χ1n) is 3.41. The Hall–Kier alpha value is 0.730. The predicted molar refractivity (Wildman–Crippen MR) is 44.9 cm³/mol. The number of rotatable bonds is 4. The molecular formula is C7H16CaO2. The molecule has 0 saturated carbocycles. The van der Waals surface area contributed by atoms with Crippen LogP contribution in [0.3, 0.4) is 0 Å². The van der Waals surface area contributed by atoms with Crippen molar-refractivity contribution in [1.29, 1.82) is 0 Å². The molecule has 0 heterocycles. The summed E-state index contributed by atoms with van der Waals surface area (Å²) < 4.78 is 0. The van der Waals surface area contributed by atoms with Crippen LogP contribution in [0.15, 0.2) is 0 Å². The Morgan fingerprint density at radius 3 is 2.40 bits per heavy atom. The van der Waals surface area contributed by atoms with Crippen LogP contribution in [0.5, 0.6) is 0 Å². The summed E-state index contributed by atoms with van der Waals surface area (Å²) in [4.78, 5) is 10.2. The molecule has 0 fully saturated rings. The first-order chi connectivity index (χ1) is 4.18. The van der Waals surface area contributed by atoms with Gasteiger partial charge < -0.3 is 5.11 Å². The molecule has 0 rings (SSSR count). The maximum absolute atomic E-state index is 10.2. The van der Waals surface area contributed by atoms with Crippen molar-refractivity contribution in [2.45, 2.75) is 33.1 Å². The second-order valence-corrected chi connectivity index (χ2v) is 2.38. The number of aliphatic carboxylic acids is 1. The van der Waals surface area contributed by atoms with Crippen molar-refractivity contribution in [1.82, 2.24) is 0 Å². The Kier molecular flexibility index (Phi) is 10.4. The van der Waals surface area contributed by atoms with E-state index in [0.717, 1.165) is 19.3 Å². The number of carbonyl (C=O) groups is 1. The van der Waals surface area contributed by atoms with E-state index in [1.165, 1.54) is 0 Å². The zero-order chi connectivity index (χ0) is 7.28. The van der Waals surface area contributed by atoms with Gasteiger partial charge in [0.05, 0.1) is 5.92 Å². The SMILES string of the molecule is CCCCC(C)C(=O)O.[CaH2]. The molecule has 0 saturated heterocycles. The molecule has 0 amide bonds. The standard InChI is InChI=1S/C7H14O2.Ca.2H/c1-3-4-5-6(2)7(8)9;;;/h6H,3-5H2,1-2H3,(H,8,9);;;. The molecule has 0 aromatic rings. The van der Waals surface area contributed by atoms with E-state index in [1.54, 1.807) is 6.92 Å². The van der Waals surface area contributed by atoms with Crippen molar-refractivity contribution >= 4 is 43.7 Å². The zero-order valence-electron chi connectivity index (χ0n) is 6.05. The molecular weight excluding hydrogens is 156 g/mol. The van der Waals surface area contributed by atoms with E-state index in [0.29, 0.717) is 0 Å². The van der Waals surface area contributed by atoms with Crippen LogP contribution in [0.25, 0.3) is 0 Å². The van der Waals surface area contributed by atoms with Crippen LogP contribution < -0.4 is 0 Å². The molecule has 0 aliphatic heterocycles. The van der Waals surface area contributed by atoms with Gasteiger partial charge in [-0.25, -0.2) is 0 Å². The fourth-order valence-electron chi connectivity index (χ4n) is 0.634. The summed E-state index contributed by atoms with van der Waals surface area (Å²) in [6.07, 6.45) is 2.91. The summed E-state index contributed by atoms with van der Waals surface area (Å²) in [6.45, 7) is 3.81. The van der Waals surface area contributed by atoms with Crippen LogP contribution in [-0.4, -0.2) is 48.8 Å². The van der Waals surface area contributed by atoms with E-state index in [-0.39, 0.29) is 43.7 Å². The van der Waals surface area contributed by atoms with Gasteiger partial charge in [-0.1, -0.05) is 26.7 Å². The summed E-state index contributed by atoms with van der Waals surface area (Å²) >= 11 is 0. The van der Waals surface area contributed by atoms with E-state index in [9.17, 15) is 4.79 Å². The molecule has 3 heteroatoms. The summed E-state index contributed by atoms with van der Waals surface area (Å²) in [5.74, 6) is -0.839. The molecule has 0 aliphatic carbocycles. The normalized spacial score (nSPS) is 11.8. The topological polar surface area (TPSA) is 37.3 Å². The van der Waals surface area contributed by atoms with E-state index < -0.39 is 5.97 Å². The Labute approximate surface area is 92.0 Å². The van der Waals surface area contributed by atoms with Gasteiger partial charge >= 0.3 is 43.7 Å². The molecule has 0 radical (unpaired) electrons. The molecule has 0 aliphatic rings. The van der Waals surface area contributed by atoms with E-state index in [2.05, 4.69) is 6.92 Å². The average Bonchev–Trinajstić information content (AvgIpc) is 1.82. The van der Waals surface area contributed by atoms with Gasteiger partial charge in [0.25, 0.3) is 0 Å². The van der Waals surface area contributed by atoms with Crippen molar-refractivity contribution < 1.29 is 9.90 Å². The average molecular weight is 172 g/mol. The van der Waals surface area contributed by atoms with Gasteiger partial charge in [-0.3, -0.25) is 4.79 Å². The van der Waals surface area contributed by atoms with Crippen LogP contribution >= 0.6 is 0 Å². The van der Waals surface area contributed by atoms with Crippen LogP contribution in [0.4, 0.5) is 0 Å². The minimum atomic E-state index is -0.677. The van der Waals surface area contributed by atoms with Crippen molar-refractivity contribution in [2.75, 3.05) is 0 Å². The molecule has 10 heavy (non-hydrogen) atoms. The number of carboxylic acid groups (broad SMARTS) is 1. The van der Waals surface area contributed by atoms with E-state index in [1.807, 2.05) is 0 Å². The van der Waals surface area contributed by atoms with E-state index in [4.69, 9.17) is 5.11 Å². The maximum atomic E-state index is 10.2. The fraction of sp³-hybridized carbons (Fsp3) is 0.857. The molecule has 0 aromatic heterocycles. The van der Waals surface area contributed by atoms with Crippen molar-refractivity contribution in [3.63, 3.8) is 0 Å². The van der Waals surface area contributed by atoms with Gasteiger partial charge in [0.15, 0.2) is 0 Å². The second kappa shape index (κ2) is 7.83. The Bertz CT molecular complexity index is 93.6. The first-order valence-corrected chi connectivity index (χ1v) is 3.41. The van der Waals surface area contributed by atoms with Gasteiger partial charge in [0, 0.05) is 0 Å². The molecule has 0 spiro atoms. The minimum absolute atomic E-state index is 0. The van der Waals surface area contributed by atoms with Crippen molar-refractivity contribution in [2.24, 2.45) is 5.92 Å². The molecule has 1 unspecified atom stereocenters. The molecule has 2 nitrogen and oxygen atoms in total. The van der Waals surface area contributed by atoms with Crippen LogP contribution in [0.1, 0.15) is 33.1 Å². The first kappa shape index (κ1) is 13.3. The zero-order valence-corrected chi connectivity index (χ0v) is 6.05. The Morgan fingerprint density at radius 1 is 1.60 bits per heavy atom. The number of hydrogen-bond acceptors (Lipinski definition) is 1. The third-order valence-electron chi connectivity index (χ3n) is 1.41. The van der Waals surface area contributed by atoms with Crippen molar-refractivity contribution in [3.8, 4) is 0 Å². The quantitative estimate of drug-likeness (QED) is 0.642. The molecule has 1 atom stereocenters. The van der Waals surface area contributed by atoms with Gasteiger partial charge in [-0.2, -0.15) is 0 Å². The monoisotopic (exact) mass is 172 g/mol. The molecule has 58 valence electrons. The Morgan fingerprint density at radius 2 is 2.10 bits per heavy atom. The fourth-order valence-corrected chi connectivity index (χ4v) is 0.634. The summed E-state index contributed by atoms with van der Waals surface area (Å²) in [7, 11) is 0. The van der Waals surface area contributed by atoms with Crippen molar-refractivity contribution in [3.05, 3.63) is 0 Å². The van der Waals surface area contributed by atoms with E-state index >= 15 is 0 Å². The molecule has 0 bridgehead atoms. The van der Waals surface area contributed by atoms with Crippen LogP contribution in [0.2, 0.25) is 0 Å². The summed E-state index contributed by atoms with van der Waals surface area (Å²) in [5, 5.41) is 8.41. The number of carboxylic acids is 1.